The number of halogens is 5. The van der Waals surface area contributed by atoms with Crippen molar-refractivity contribution in [1.82, 2.24) is 0 Å². The van der Waals surface area contributed by atoms with Gasteiger partial charge in [-0.05, 0) is 46.3 Å². The maximum atomic E-state index is 12.6. The van der Waals surface area contributed by atoms with E-state index < -0.39 is 18.7 Å². The Hall–Kier alpha value is -2.13. The van der Waals surface area contributed by atoms with Crippen LogP contribution in [0.2, 0.25) is 5.02 Å². The molecule has 0 aliphatic rings. The highest BCUT2D eigenvalue weighted by molar-refractivity contribution is 9.10. The first kappa shape index (κ1) is 21.2. The molecule has 0 fully saturated rings. The second-order valence-corrected chi connectivity index (χ2v) is 6.42. The van der Waals surface area contributed by atoms with Crippen LogP contribution in [0.25, 0.3) is 0 Å². The average Bonchev–Trinajstić information content (AvgIpc) is 2.60. The lowest BCUT2D eigenvalue weighted by Gasteiger charge is -2.15. The number of carbonyl (C=O) groups is 1. The Bertz CT molecular complexity index is 820. The molecule has 10 heteroatoms. The Kier molecular flexibility index (Phi) is 6.83. The van der Waals surface area contributed by atoms with E-state index >= 15 is 0 Å². The van der Waals surface area contributed by atoms with E-state index in [4.69, 9.17) is 25.8 Å². The minimum absolute atomic E-state index is 0.00222. The summed E-state index contributed by atoms with van der Waals surface area (Å²) in [7, 11) is 2.84. The number of methoxy groups -OCH3 is 2. The van der Waals surface area contributed by atoms with Gasteiger partial charge in [-0.2, -0.15) is 13.2 Å². The van der Waals surface area contributed by atoms with E-state index in [-0.39, 0.29) is 22.0 Å². The van der Waals surface area contributed by atoms with Crippen molar-refractivity contribution in [2.45, 2.75) is 6.18 Å². The summed E-state index contributed by atoms with van der Waals surface area (Å²) in [6, 6.07) is 6.78. The molecule has 27 heavy (non-hydrogen) atoms. The lowest BCUT2D eigenvalue weighted by atomic mass is 10.1. The Morgan fingerprint density at radius 2 is 1.70 bits per heavy atom. The molecule has 0 atom stereocenters. The fraction of sp³-hybridized carbons (Fsp3) is 0.235. The number of amides is 1. The SMILES string of the molecule is COc1cc(C(=O)Nc2cc(Cl)ccc2OCC(F)(F)F)cc(OC)c1Br. The zero-order valence-electron chi connectivity index (χ0n) is 14.1. The summed E-state index contributed by atoms with van der Waals surface area (Å²) in [5.74, 6) is -0.0855. The Balaban J connectivity index is 2.31. The first-order valence-corrected chi connectivity index (χ1v) is 8.53. The first-order chi connectivity index (χ1) is 12.6. The molecule has 0 radical (unpaired) electrons. The fourth-order valence-electron chi connectivity index (χ4n) is 2.08. The quantitative estimate of drug-likeness (QED) is 0.624. The molecular weight excluding hydrogens is 455 g/mol. The molecule has 2 rings (SSSR count). The molecule has 0 spiro atoms. The van der Waals surface area contributed by atoms with Gasteiger partial charge in [0.1, 0.15) is 21.7 Å². The third kappa shape index (κ3) is 5.67. The largest absolute Gasteiger partial charge is 0.495 e. The van der Waals surface area contributed by atoms with Gasteiger partial charge in [-0.15, -0.1) is 0 Å². The van der Waals surface area contributed by atoms with Crippen molar-refractivity contribution >= 4 is 39.1 Å². The van der Waals surface area contributed by atoms with Crippen LogP contribution in [-0.4, -0.2) is 32.9 Å². The van der Waals surface area contributed by atoms with Gasteiger partial charge in [0.2, 0.25) is 0 Å². The summed E-state index contributed by atoms with van der Waals surface area (Å²) in [5.41, 5.74) is 0.159. The van der Waals surface area contributed by atoms with Crippen molar-refractivity contribution in [3.05, 3.63) is 45.4 Å². The van der Waals surface area contributed by atoms with Gasteiger partial charge in [-0.1, -0.05) is 11.6 Å². The van der Waals surface area contributed by atoms with E-state index in [0.29, 0.717) is 16.0 Å². The smallest absolute Gasteiger partial charge is 0.422 e. The zero-order valence-corrected chi connectivity index (χ0v) is 16.5. The van der Waals surface area contributed by atoms with Crippen molar-refractivity contribution in [1.29, 1.82) is 0 Å². The highest BCUT2D eigenvalue weighted by atomic mass is 79.9. The van der Waals surface area contributed by atoms with Crippen LogP contribution in [0, 0.1) is 0 Å². The molecule has 1 amide bonds. The molecule has 1 N–H and O–H groups in total. The van der Waals surface area contributed by atoms with Crippen LogP contribution in [0.1, 0.15) is 10.4 Å². The molecule has 0 bridgehead atoms. The summed E-state index contributed by atoms with van der Waals surface area (Å²) in [4.78, 5) is 12.6. The minimum Gasteiger partial charge on any atom is -0.495 e. The van der Waals surface area contributed by atoms with Gasteiger partial charge in [-0.25, -0.2) is 0 Å². The fourth-order valence-corrected chi connectivity index (χ4v) is 2.81. The number of alkyl halides is 3. The van der Waals surface area contributed by atoms with Crippen LogP contribution in [-0.2, 0) is 0 Å². The normalized spacial score (nSPS) is 11.1. The molecule has 0 saturated heterocycles. The van der Waals surface area contributed by atoms with Crippen LogP contribution in [0.3, 0.4) is 0 Å². The number of anilines is 1. The summed E-state index contributed by atoms with van der Waals surface area (Å²) >= 11 is 9.16. The molecule has 0 aromatic heterocycles. The van der Waals surface area contributed by atoms with E-state index in [9.17, 15) is 18.0 Å². The number of hydrogen-bond acceptors (Lipinski definition) is 4. The Labute approximate surface area is 166 Å². The number of ether oxygens (including phenoxy) is 3. The molecule has 146 valence electrons. The van der Waals surface area contributed by atoms with Crippen LogP contribution < -0.4 is 19.5 Å². The van der Waals surface area contributed by atoms with Gasteiger partial charge in [0.05, 0.1) is 19.9 Å². The molecule has 2 aromatic carbocycles. The van der Waals surface area contributed by atoms with Crippen LogP contribution in [0.5, 0.6) is 17.2 Å². The van der Waals surface area contributed by atoms with Crippen molar-refractivity contribution in [2.75, 3.05) is 26.1 Å². The molecule has 2 aromatic rings. The van der Waals surface area contributed by atoms with Crippen molar-refractivity contribution in [3.63, 3.8) is 0 Å². The first-order valence-electron chi connectivity index (χ1n) is 7.36. The highest BCUT2D eigenvalue weighted by Crippen LogP contribution is 2.36. The van der Waals surface area contributed by atoms with Crippen LogP contribution >= 0.6 is 27.5 Å². The van der Waals surface area contributed by atoms with E-state index in [1.54, 1.807) is 0 Å². The average molecular weight is 469 g/mol. The summed E-state index contributed by atoms with van der Waals surface area (Å²) in [6.45, 7) is -1.50. The maximum Gasteiger partial charge on any atom is 0.422 e. The van der Waals surface area contributed by atoms with Gasteiger partial charge >= 0.3 is 6.18 Å². The van der Waals surface area contributed by atoms with Gasteiger partial charge < -0.3 is 19.5 Å². The molecule has 0 aliphatic heterocycles. The number of nitrogens with one attached hydrogen (secondary N) is 1. The maximum absolute atomic E-state index is 12.6. The van der Waals surface area contributed by atoms with E-state index in [1.165, 1.54) is 44.6 Å². The molecular formula is C17H14BrClF3NO4. The van der Waals surface area contributed by atoms with E-state index in [1.807, 2.05) is 0 Å². The standard InChI is InChI=1S/C17H14BrClF3NO4/c1-25-13-5-9(6-14(26-2)15(13)18)16(24)23-11-7-10(19)3-4-12(11)27-8-17(20,21)22/h3-7H,8H2,1-2H3,(H,23,24). The predicted octanol–water partition coefficient (Wildman–Crippen LogP) is 5.31. The molecule has 5 nitrogen and oxygen atoms in total. The zero-order chi connectivity index (χ0) is 20.2. The van der Waals surface area contributed by atoms with Gasteiger partial charge in [0.15, 0.2) is 6.61 Å². The van der Waals surface area contributed by atoms with Gasteiger partial charge in [-0.3, -0.25) is 4.79 Å². The molecule has 0 saturated carbocycles. The topological polar surface area (TPSA) is 56.8 Å². The number of carbonyl (C=O) groups excluding carboxylic acids is 1. The number of benzene rings is 2. The molecule has 0 heterocycles. The van der Waals surface area contributed by atoms with Crippen LogP contribution in [0.15, 0.2) is 34.8 Å². The van der Waals surface area contributed by atoms with Gasteiger partial charge in [0.25, 0.3) is 5.91 Å². The lowest BCUT2D eigenvalue weighted by molar-refractivity contribution is -0.153. The number of rotatable bonds is 6. The monoisotopic (exact) mass is 467 g/mol. The molecule has 0 unspecified atom stereocenters. The Morgan fingerprint density at radius 1 is 1.11 bits per heavy atom. The summed E-state index contributed by atoms with van der Waals surface area (Å²) < 4.78 is 52.8. The van der Waals surface area contributed by atoms with Crippen molar-refractivity contribution in [3.8, 4) is 17.2 Å². The molecule has 0 aliphatic carbocycles. The minimum atomic E-state index is -4.52. The third-order valence-corrected chi connectivity index (χ3v) is 4.31. The Morgan fingerprint density at radius 3 is 2.22 bits per heavy atom. The summed E-state index contributed by atoms with van der Waals surface area (Å²) in [5, 5.41) is 2.70. The number of hydrogen-bond donors (Lipinski definition) is 1. The van der Waals surface area contributed by atoms with Crippen molar-refractivity contribution in [2.24, 2.45) is 0 Å². The van der Waals surface area contributed by atoms with Gasteiger partial charge in [0, 0.05) is 10.6 Å². The second kappa shape index (κ2) is 8.71. The van der Waals surface area contributed by atoms with Crippen LogP contribution in [0.4, 0.5) is 18.9 Å². The van der Waals surface area contributed by atoms with E-state index in [2.05, 4.69) is 21.2 Å². The van der Waals surface area contributed by atoms with E-state index in [0.717, 1.165) is 0 Å². The second-order valence-electron chi connectivity index (χ2n) is 5.19. The predicted molar refractivity (Wildman–Crippen MR) is 98.2 cm³/mol. The summed E-state index contributed by atoms with van der Waals surface area (Å²) in [6.07, 6.45) is -4.52. The lowest BCUT2D eigenvalue weighted by Crippen LogP contribution is -2.20. The highest BCUT2D eigenvalue weighted by Gasteiger charge is 2.29. The third-order valence-electron chi connectivity index (χ3n) is 3.29. The van der Waals surface area contributed by atoms with Crippen molar-refractivity contribution < 1.29 is 32.2 Å².